The number of carbonyl (C=O) groups excluding carboxylic acids is 2. The van der Waals surface area contributed by atoms with Gasteiger partial charge in [0, 0.05) is 89.3 Å². The summed E-state index contributed by atoms with van der Waals surface area (Å²) < 4.78 is 0. The van der Waals surface area contributed by atoms with E-state index in [1.165, 1.54) is 36.7 Å². The van der Waals surface area contributed by atoms with Gasteiger partial charge in [0.25, 0.3) is 0 Å². The minimum absolute atomic E-state index is 0. The van der Waals surface area contributed by atoms with Crippen LogP contribution in [0.3, 0.4) is 0 Å². The minimum atomic E-state index is -0.551. The maximum atomic E-state index is 11.1. The Hall–Kier alpha value is -6.06. The Morgan fingerprint density at radius 2 is 0.702 bits per heavy atom. The predicted octanol–water partition coefficient (Wildman–Crippen LogP) is 5.90. The molecule has 8 aromatic rings. The third-order valence-corrected chi connectivity index (χ3v) is 7.04. The molecule has 11 heteroatoms. The number of nitrogens with two attached hydrogens (primary N) is 2. The van der Waals surface area contributed by atoms with E-state index < -0.39 is 11.8 Å². The summed E-state index contributed by atoms with van der Waals surface area (Å²) in [7, 11) is 0. The monoisotopic (exact) mass is 704 g/mol. The van der Waals surface area contributed by atoms with E-state index in [1.807, 2.05) is 24.3 Å². The van der Waals surface area contributed by atoms with E-state index in [1.54, 1.807) is 24.8 Å². The molecule has 230 valence electrons. The van der Waals surface area contributed by atoms with Crippen LogP contribution in [0.1, 0.15) is 20.7 Å². The van der Waals surface area contributed by atoms with Crippen LogP contribution in [0.25, 0.3) is 55.0 Å². The Morgan fingerprint density at radius 1 is 0.404 bits per heavy atom. The third kappa shape index (κ3) is 7.44. The Kier molecular flexibility index (Phi) is 10.2. The van der Waals surface area contributed by atoms with Crippen LogP contribution >= 0.6 is 0 Å². The average Bonchev–Trinajstić information content (AvgIpc) is 3.12. The van der Waals surface area contributed by atoms with Gasteiger partial charge < -0.3 is 11.5 Å². The number of hydrogen-bond donors (Lipinski definition) is 2. The summed E-state index contributed by atoms with van der Waals surface area (Å²) in [6.45, 7) is 0. The minimum Gasteiger partial charge on any atom is -0.366 e. The quantitative estimate of drug-likeness (QED) is 0.170. The van der Waals surface area contributed by atoms with Gasteiger partial charge in [0.05, 0.1) is 33.5 Å². The Morgan fingerprint density at radius 3 is 0.979 bits per heavy atom. The van der Waals surface area contributed by atoms with Crippen LogP contribution in [-0.2, 0) is 19.5 Å². The normalized spacial score (nSPS) is 10.3. The van der Waals surface area contributed by atoms with Crippen LogP contribution < -0.4 is 11.5 Å². The van der Waals surface area contributed by atoms with Crippen LogP contribution in [0.4, 0.5) is 0 Å². The van der Waals surface area contributed by atoms with Crippen molar-refractivity contribution in [2.24, 2.45) is 11.5 Å². The van der Waals surface area contributed by atoms with Crippen molar-refractivity contribution in [3.8, 4) is 11.4 Å². The molecule has 2 amide bonds. The molecule has 0 unspecified atom stereocenters. The van der Waals surface area contributed by atoms with Crippen LogP contribution in [0.5, 0.6) is 0 Å². The van der Waals surface area contributed by atoms with Gasteiger partial charge in [-0.2, -0.15) is 0 Å². The third-order valence-electron chi connectivity index (χ3n) is 7.04. The van der Waals surface area contributed by atoms with E-state index in [2.05, 4.69) is 78.4 Å². The second kappa shape index (κ2) is 14.8. The zero-order chi connectivity index (χ0) is 31.9. The molecule has 0 aliphatic heterocycles. The zero-order valence-electron chi connectivity index (χ0n) is 24.7. The molecule has 47 heavy (non-hydrogen) atoms. The van der Waals surface area contributed by atoms with Gasteiger partial charge in [0.15, 0.2) is 0 Å². The maximum absolute atomic E-state index is 11.1. The van der Waals surface area contributed by atoms with Crippen molar-refractivity contribution in [2.75, 3.05) is 0 Å². The van der Waals surface area contributed by atoms with E-state index in [4.69, 9.17) is 11.5 Å². The molecule has 0 aliphatic carbocycles. The van der Waals surface area contributed by atoms with E-state index in [9.17, 15) is 9.59 Å². The Labute approximate surface area is 281 Å². The summed E-state index contributed by atoms with van der Waals surface area (Å²) in [4.78, 5) is 47.6. The van der Waals surface area contributed by atoms with Crippen molar-refractivity contribution in [2.45, 2.75) is 0 Å². The second-order valence-corrected chi connectivity index (χ2v) is 10.0. The van der Waals surface area contributed by atoms with E-state index >= 15 is 0 Å². The molecule has 0 radical (unpaired) electrons. The molecule has 2 aromatic carbocycles. The van der Waals surface area contributed by atoms with Gasteiger partial charge in [0.1, 0.15) is 0 Å². The summed E-state index contributed by atoms with van der Waals surface area (Å²) >= 11 is 0. The van der Waals surface area contributed by atoms with Crippen LogP contribution in [0.15, 0.2) is 134 Å². The molecule has 0 aliphatic rings. The summed E-state index contributed by atoms with van der Waals surface area (Å²) in [5.74, 6) is -1.10. The first-order valence-electron chi connectivity index (χ1n) is 14.2. The molecule has 10 nitrogen and oxygen atoms in total. The van der Waals surface area contributed by atoms with Crippen molar-refractivity contribution in [3.63, 3.8) is 0 Å². The summed E-state index contributed by atoms with van der Waals surface area (Å²) in [5, 5.41) is 4.55. The SMILES string of the molecule is NC(=O)c1ccnc(-c2cc(C(N)=O)ccn2)c1.[Ru].c1cnc2c(c1)ccc1cccnc12.c1cnc2c(c1)ccc1cccnc12. The number of aromatic nitrogens is 6. The molecule has 0 atom stereocenters. The first kappa shape index (κ1) is 32.3. The molecular formula is C36H26N8O2Ru. The summed E-state index contributed by atoms with van der Waals surface area (Å²) in [5.41, 5.74) is 15.8. The van der Waals surface area contributed by atoms with Gasteiger partial charge in [-0.3, -0.25) is 39.5 Å². The number of fused-ring (bicyclic) bond motifs is 6. The van der Waals surface area contributed by atoms with Gasteiger partial charge in [-0.25, -0.2) is 0 Å². The standard InChI is InChI=1S/C12H10N4O2.2C12H8N2.Ru/c13-11(17)7-1-3-15-9(5-7)10-6-8(12(14)18)2-4-16-10;2*1-3-9-5-6-10-4-2-8-14-12(10)11(9)13-7-1;/h1-6H,(H2,13,17)(H2,14,18);2*1-8H;. The first-order valence-corrected chi connectivity index (χ1v) is 14.2. The molecule has 0 saturated carbocycles. The second-order valence-electron chi connectivity index (χ2n) is 10.0. The number of nitrogens with zero attached hydrogens (tertiary/aromatic N) is 6. The molecule has 0 spiro atoms. The van der Waals surface area contributed by atoms with Crippen molar-refractivity contribution in [1.29, 1.82) is 0 Å². The van der Waals surface area contributed by atoms with Gasteiger partial charge in [-0.1, -0.05) is 48.5 Å². The smallest absolute Gasteiger partial charge is 0.248 e. The van der Waals surface area contributed by atoms with Crippen molar-refractivity contribution in [1.82, 2.24) is 29.9 Å². The van der Waals surface area contributed by atoms with Crippen LogP contribution in [-0.4, -0.2) is 41.7 Å². The largest absolute Gasteiger partial charge is 0.366 e. The van der Waals surface area contributed by atoms with Crippen LogP contribution in [0, 0.1) is 0 Å². The molecule has 0 bridgehead atoms. The molecular weight excluding hydrogens is 678 g/mol. The Bertz CT molecular complexity index is 2090. The number of pyridine rings is 6. The summed E-state index contributed by atoms with van der Waals surface area (Å²) in [6.07, 6.45) is 10.1. The molecule has 8 rings (SSSR count). The molecule has 6 aromatic heterocycles. The van der Waals surface area contributed by atoms with E-state index in [0.29, 0.717) is 22.5 Å². The number of rotatable bonds is 3. The topological polar surface area (TPSA) is 164 Å². The first-order chi connectivity index (χ1) is 22.5. The number of amides is 2. The predicted molar refractivity (Wildman–Crippen MR) is 179 cm³/mol. The van der Waals surface area contributed by atoms with Gasteiger partial charge in [0.2, 0.25) is 11.8 Å². The van der Waals surface area contributed by atoms with Gasteiger partial charge in [-0.05, 0) is 48.5 Å². The molecule has 0 saturated heterocycles. The van der Waals surface area contributed by atoms with Crippen molar-refractivity contribution in [3.05, 3.63) is 145 Å². The van der Waals surface area contributed by atoms with Crippen LogP contribution in [0.2, 0.25) is 0 Å². The van der Waals surface area contributed by atoms with Crippen molar-refractivity contribution >= 4 is 55.4 Å². The number of benzene rings is 2. The fraction of sp³-hybridized carbons (Fsp3) is 0. The summed E-state index contributed by atoms with van der Waals surface area (Å²) in [6, 6.07) is 30.3. The Balaban J connectivity index is 0.000000138. The maximum Gasteiger partial charge on any atom is 0.248 e. The van der Waals surface area contributed by atoms with E-state index in [-0.39, 0.29) is 19.5 Å². The average molecular weight is 704 g/mol. The number of primary amides is 2. The fourth-order valence-electron chi connectivity index (χ4n) is 4.81. The number of carbonyl (C=O) groups is 2. The van der Waals surface area contributed by atoms with Gasteiger partial charge in [-0.15, -0.1) is 0 Å². The molecule has 0 fully saturated rings. The fourth-order valence-corrected chi connectivity index (χ4v) is 4.81. The van der Waals surface area contributed by atoms with Gasteiger partial charge >= 0.3 is 0 Å². The molecule has 6 heterocycles. The van der Waals surface area contributed by atoms with Crippen molar-refractivity contribution < 1.29 is 29.1 Å². The molecule has 4 N–H and O–H groups in total. The van der Waals surface area contributed by atoms with E-state index in [0.717, 1.165) is 43.6 Å². The zero-order valence-corrected chi connectivity index (χ0v) is 26.4. The number of hydrogen-bond acceptors (Lipinski definition) is 8.